The Labute approximate surface area is 176 Å². The van der Waals surface area contributed by atoms with Gasteiger partial charge in [0.1, 0.15) is 5.75 Å². The quantitative estimate of drug-likeness (QED) is 0.688. The first-order chi connectivity index (χ1) is 14.2. The minimum Gasteiger partial charge on any atom is -0.481 e. The highest BCUT2D eigenvalue weighted by atomic mass is 16.5. The normalized spacial score (nSPS) is 11.6. The van der Waals surface area contributed by atoms with E-state index in [1.54, 1.807) is 6.92 Å². The van der Waals surface area contributed by atoms with Crippen molar-refractivity contribution in [1.29, 1.82) is 0 Å². The fraction of sp³-hybridized carbons (Fsp3) is 0.348. The van der Waals surface area contributed by atoms with Crippen molar-refractivity contribution in [1.82, 2.24) is 0 Å². The van der Waals surface area contributed by atoms with Crippen LogP contribution in [-0.4, -0.2) is 38.2 Å². The van der Waals surface area contributed by atoms with Gasteiger partial charge in [0.15, 0.2) is 6.10 Å². The number of carbonyl (C=O) groups is 3. The topological polar surface area (TPSA) is 90.9 Å². The Bertz CT molecular complexity index is 916. The maximum Gasteiger partial charge on any atom is 0.337 e. The fourth-order valence-electron chi connectivity index (χ4n) is 2.88. The summed E-state index contributed by atoms with van der Waals surface area (Å²) in [6.45, 7) is 7.69. The lowest BCUT2D eigenvalue weighted by Gasteiger charge is -2.19. The molecule has 2 aromatic carbocycles. The Balaban J connectivity index is 2.26. The predicted octanol–water partition coefficient (Wildman–Crippen LogP) is 4.10. The summed E-state index contributed by atoms with van der Waals surface area (Å²) < 4.78 is 15.3. The number of nitrogens with one attached hydrogen (secondary N) is 1. The molecular formula is C23H27NO6. The van der Waals surface area contributed by atoms with Gasteiger partial charge in [-0.15, -0.1) is 0 Å². The van der Waals surface area contributed by atoms with E-state index in [4.69, 9.17) is 14.2 Å². The van der Waals surface area contributed by atoms with Crippen molar-refractivity contribution >= 4 is 23.5 Å². The minimum absolute atomic E-state index is 0.116. The lowest BCUT2D eigenvalue weighted by atomic mass is 10.0. The van der Waals surface area contributed by atoms with Crippen LogP contribution in [0.4, 0.5) is 5.69 Å². The standard InChI is InChI=1S/C23H27NO6/c1-13(2)19-8-7-14(3)9-20(19)30-15(4)21(25)24-18-11-16(22(26)28-5)10-17(12-18)23(27)29-6/h7-13,15H,1-6H3,(H,24,25). The molecule has 1 atom stereocenters. The molecule has 0 fully saturated rings. The van der Waals surface area contributed by atoms with E-state index in [0.29, 0.717) is 5.75 Å². The zero-order valence-corrected chi connectivity index (χ0v) is 18.1. The maximum atomic E-state index is 12.7. The molecular weight excluding hydrogens is 386 g/mol. The van der Waals surface area contributed by atoms with Crippen molar-refractivity contribution in [3.63, 3.8) is 0 Å². The van der Waals surface area contributed by atoms with E-state index < -0.39 is 23.9 Å². The first-order valence-electron chi connectivity index (χ1n) is 9.56. The molecule has 0 heterocycles. The van der Waals surface area contributed by atoms with Gasteiger partial charge in [-0.25, -0.2) is 9.59 Å². The first-order valence-corrected chi connectivity index (χ1v) is 9.56. The molecule has 0 spiro atoms. The molecule has 0 bridgehead atoms. The van der Waals surface area contributed by atoms with Gasteiger partial charge in [0.25, 0.3) is 5.91 Å². The average molecular weight is 413 g/mol. The lowest BCUT2D eigenvalue weighted by molar-refractivity contribution is -0.122. The first kappa shape index (κ1) is 22.9. The van der Waals surface area contributed by atoms with Gasteiger partial charge in [0.05, 0.1) is 25.3 Å². The van der Waals surface area contributed by atoms with Crippen molar-refractivity contribution in [3.8, 4) is 5.75 Å². The van der Waals surface area contributed by atoms with Gasteiger partial charge in [0.2, 0.25) is 0 Å². The molecule has 2 aromatic rings. The highest BCUT2D eigenvalue weighted by Gasteiger charge is 2.20. The molecule has 1 N–H and O–H groups in total. The summed E-state index contributed by atoms with van der Waals surface area (Å²) in [4.78, 5) is 36.5. The molecule has 1 amide bonds. The molecule has 0 aliphatic heterocycles. The van der Waals surface area contributed by atoms with Crippen LogP contribution in [0.25, 0.3) is 0 Å². The zero-order chi connectivity index (χ0) is 22.4. The third-order valence-corrected chi connectivity index (χ3v) is 4.51. The zero-order valence-electron chi connectivity index (χ0n) is 18.1. The van der Waals surface area contributed by atoms with Crippen molar-refractivity contribution in [2.24, 2.45) is 0 Å². The van der Waals surface area contributed by atoms with Gasteiger partial charge in [-0.05, 0) is 55.2 Å². The monoisotopic (exact) mass is 413 g/mol. The summed E-state index contributed by atoms with van der Waals surface area (Å²) in [5.41, 5.74) is 2.51. The molecule has 30 heavy (non-hydrogen) atoms. The molecule has 0 aliphatic rings. The minimum atomic E-state index is -0.812. The average Bonchev–Trinajstić information content (AvgIpc) is 2.71. The van der Waals surface area contributed by atoms with E-state index in [2.05, 4.69) is 19.2 Å². The molecule has 7 nitrogen and oxygen atoms in total. The molecule has 2 rings (SSSR count). The fourth-order valence-corrected chi connectivity index (χ4v) is 2.88. The van der Waals surface area contributed by atoms with Crippen LogP contribution >= 0.6 is 0 Å². The third kappa shape index (κ3) is 5.59. The predicted molar refractivity (Wildman–Crippen MR) is 113 cm³/mol. The van der Waals surface area contributed by atoms with E-state index >= 15 is 0 Å². The number of anilines is 1. The molecule has 0 saturated carbocycles. The summed E-state index contributed by atoms with van der Waals surface area (Å²) in [7, 11) is 2.46. The summed E-state index contributed by atoms with van der Waals surface area (Å²) >= 11 is 0. The molecule has 0 saturated heterocycles. The molecule has 160 valence electrons. The van der Waals surface area contributed by atoms with Crippen molar-refractivity contribution in [2.75, 3.05) is 19.5 Å². The number of esters is 2. The Kier molecular flexibility index (Phi) is 7.58. The second-order valence-corrected chi connectivity index (χ2v) is 7.23. The van der Waals surface area contributed by atoms with Gasteiger partial charge in [-0.2, -0.15) is 0 Å². The van der Waals surface area contributed by atoms with E-state index in [1.165, 1.54) is 32.4 Å². The molecule has 1 unspecified atom stereocenters. The summed E-state index contributed by atoms with van der Waals surface area (Å²) in [5, 5.41) is 2.68. The van der Waals surface area contributed by atoms with Gasteiger partial charge in [-0.3, -0.25) is 4.79 Å². The Morgan fingerprint density at radius 2 is 1.43 bits per heavy atom. The number of hydrogen-bond acceptors (Lipinski definition) is 6. The van der Waals surface area contributed by atoms with E-state index in [1.807, 2.05) is 25.1 Å². The summed E-state index contributed by atoms with van der Waals surface area (Å²) in [5.74, 6) is -0.825. The molecule has 0 aliphatic carbocycles. The smallest absolute Gasteiger partial charge is 0.337 e. The van der Waals surface area contributed by atoms with Crippen LogP contribution in [0.3, 0.4) is 0 Å². The van der Waals surface area contributed by atoms with E-state index in [0.717, 1.165) is 11.1 Å². The number of rotatable bonds is 7. The Morgan fingerprint density at radius 1 is 0.867 bits per heavy atom. The summed E-state index contributed by atoms with van der Waals surface area (Å²) in [6.07, 6.45) is -0.812. The van der Waals surface area contributed by atoms with Gasteiger partial charge < -0.3 is 19.5 Å². The van der Waals surface area contributed by atoms with Gasteiger partial charge >= 0.3 is 11.9 Å². The van der Waals surface area contributed by atoms with Crippen LogP contribution in [0.5, 0.6) is 5.75 Å². The number of amides is 1. The number of aryl methyl sites for hydroxylation is 1. The van der Waals surface area contributed by atoms with Crippen LogP contribution in [0, 0.1) is 6.92 Å². The number of carbonyl (C=O) groups excluding carboxylic acids is 3. The maximum absolute atomic E-state index is 12.7. The number of ether oxygens (including phenoxy) is 3. The van der Waals surface area contributed by atoms with Gasteiger partial charge in [-0.1, -0.05) is 26.0 Å². The molecule has 0 radical (unpaired) electrons. The highest BCUT2D eigenvalue weighted by Crippen LogP contribution is 2.28. The third-order valence-electron chi connectivity index (χ3n) is 4.51. The van der Waals surface area contributed by atoms with Gasteiger partial charge in [0, 0.05) is 5.69 Å². The van der Waals surface area contributed by atoms with Crippen LogP contribution < -0.4 is 10.1 Å². The van der Waals surface area contributed by atoms with Crippen LogP contribution in [0.2, 0.25) is 0 Å². The Morgan fingerprint density at radius 3 is 1.93 bits per heavy atom. The van der Waals surface area contributed by atoms with Crippen molar-refractivity contribution in [2.45, 2.75) is 39.7 Å². The number of hydrogen-bond donors (Lipinski definition) is 1. The largest absolute Gasteiger partial charge is 0.481 e. The SMILES string of the molecule is COC(=O)c1cc(NC(=O)C(C)Oc2cc(C)ccc2C(C)C)cc(C(=O)OC)c1. The number of methoxy groups -OCH3 is 2. The number of benzene rings is 2. The van der Waals surface area contributed by atoms with Crippen LogP contribution in [0.15, 0.2) is 36.4 Å². The lowest BCUT2D eigenvalue weighted by Crippen LogP contribution is -2.30. The molecule has 7 heteroatoms. The summed E-state index contributed by atoms with van der Waals surface area (Å²) in [6, 6.07) is 10.1. The highest BCUT2D eigenvalue weighted by molar-refractivity contribution is 6.00. The Hall–Kier alpha value is -3.35. The van der Waals surface area contributed by atoms with Crippen molar-refractivity contribution < 1.29 is 28.6 Å². The molecule has 0 aromatic heterocycles. The second-order valence-electron chi connectivity index (χ2n) is 7.23. The van der Waals surface area contributed by atoms with E-state index in [9.17, 15) is 14.4 Å². The van der Waals surface area contributed by atoms with Crippen LogP contribution in [0.1, 0.15) is 58.5 Å². The van der Waals surface area contributed by atoms with Crippen molar-refractivity contribution in [3.05, 3.63) is 58.7 Å². The van der Waals surface area contributed by atoms with Crippen LogP contribution in [-0.2, 0) is 14.3 Å². The second kappa shape index (κ2) is 9.91. The van der Waals surface area contributed by atoms with E-state index in [-0.39, 0.29) is 22.7 Å².